The number of hydrogen-bond acceptors (Lipinski definition) is 5. The maximum Gasteiger partial charge on any atom is 0.161 e. The molecular formula is C14H17NO4. The quantitative estimate of drug-likeness (QED) is 0.751. The van der Waals surface area contributed by atoms with Gasteiger partial charge in [0.1, 0.15) is 5.92 Å². The predicted octanol–water partition coefficient (Wildman–Crippen LogP) is 1.92. The third-order valence-electron chi connectivity index (χ3n) is 2.74. The van der Waals surface area contributed by atoms with Gasteiger partial charge in [0.25, 0.3) is 0 Å². The van der Waals surface area contributed by atoms with E-state index < -0.39 is 5.92 Å². The van der Waals surface area contributed by atoms with E-state index in [1.165, 1.54) is 21.3 Å². The number of benzene rings is 1. The van der Waals surface area contributed by atoms with Gasteiger partial charge in [0.05, 0.1) is 26.9 Å². The van der Waals surface area contributed by atoms with Crippen LogP contribution in [0.5, 0.6) is 11.5 Å². The Morgan fingerprint density at radius 2 is 1.95 bits per heavy atom. The number of carbonyl (C=O) groups is 1. The van der Waals surface area contributed by atoms with Crippen LogP contribution in [0.25, 0.3) is 0 Å². The SMILES string of the molecule is COCCC(=O)C(C#N)c1ccc(OC)c(OC)c1. The molecule has 19 heavy (non-hydrogen) atoms. The van der Waals surface area contributed by atoms with Crippen molar-refractivity contribution < 1.29 is 19.0 Å². The van der Waals surface area contributed by atoms with Crippen LogP contribution < -0.4 is 9.47 Å². The highest BCUT2D eigenvalue weighted by Crippen LogP contribution is 2.31. The van der Waals surface area contributed by atoms with Crippen molar-refractivity contribution >= 4 is 5.78 Å². The van der Waals surface area contributed by atoms with E-state index in [2.05, 4.69) is 0 Å². The second-order valence-electron chi connectivity index (χ2n) is 3.89. The van der Waals surface area contributed by atoms with Crippen molar-refractivity contribution in [3.05, 3.63) is 23.8 Å². The minimum atomic E-state index is -0.810. The number of hydrogen-bond donors (Lipinski definition) is 0. The molecule has 5 heteroatoms. The third-order valence-corrected chi connectivity index (χ3v) is 2.74. The molecule has 5 nitrogen and oxygen atoms in total. The summed E-state index contributed by atoms with van der Waals surface area (Å²) in [5.74, 6) is 0.0820. The van der Waals surface area contributed by atoms with Crippen molar-refractivity contribution in [3.63, 3.8) is 0 Å². The monoisotopic (exact) mass is 263 g/mol. The van der Waals surface area contributed by atoms with E-state index >= 15 is 0 Å². The van der Waals surface area contributed by atoms with Crippen molar-refractivity contribution in [2.75, 3.05) is 27.9 Å². The average molecular weight is 263 g/mol. The normalized spacial score (nSPS) is 11.5. The molecule has 0 heterocycles. The van der Waals surface area contributed by atoms with E-state index in [1.807, 2.05) is 6.07 Å². The first kappa shape index (κ1) is 15.0. The first-order chi connectivity index (χ1) is 9.17. The van der Waals surface area contributed by atoms with Gasteiger partial charge in [-0.25, -0.2) is 0 Å². The summed E-state index contributed by atoms with van der Waals surface area (Å²) in [5, 5.41) is 9.16. The summed E-state index contributed by atoms with van der Waals surface area (Å²) >= 11 is 0. The standard InChI is InChI=1S/C14H17NO4/c1-17-7-6-12(16)11(9-15)10-4-5-13(18-2)14(8-10)19-3/h4-5,8,11H,6-7H2,1-3H3. The Kier molecular flexibility index (Phi) is 5.83. The van der Waals surface area contributed by atoms with Crippen molar-refractivity contribution in [1.82, 2.24) is 0 Å². The van der Waals surface area contributed by atoms with Crippen LogP contribution in [0, 0.1) is 11.3 Å². The zero-order chi connectivity index (χ0) is 14.3. The molecule has 0 saturated carbocycles. The fourth-order valence-corrected chi connectivity index (χ4v) is 1.71. The minimum absolute atomic E-state index is 0.170. The van der Waals surface area contributed by atoms with E-state index in [0.717, 1.165) is 0 Å². The molecule has 1 aromatic rings. The number of ether oxygens (including phenoxy) is 3. The van der Waals surface area contributed by atoms with Gasteiger partial charge in [0, 0.05) is 13.5 Å². The molecular weight excluding hydrogens is 246 g/mol. The minimum Gasteiger partial charge on any atom is -0.493 e. The molecule has 1 atom stereocenters. The molecule has 1 rings (SSSR count). The molecule has 1 unspecified atom stereocenters. The zero-order valence-electron chi connectivity index (χ0n) is 11.3. The number of ketones is 1. The van der Waals surface area contributed by atoms with E-state index in [-0.39, 0.29) is 12.2 Å². The fourth-order valence-electron chi connectivity index (χ4n) is 1.71. The van der Waals surface area contributed by atoms with Gasteiger partial charge in [-0.3, -0.25) is 4.79 Å². The van der Waals surface area contributed by atoms with Crippen molar-refractivity contribution in [2.45, 2.75) is 12.3 Å². The Bertz CT molecular complexity index is 479. The van der Waals surface area contributed by atoms with Crippen LogP contribution >= 0.6 is 0 Å². The van der Waals surface area contributed by atoms with E-state index in [4.69, 9.17) is 19.5 Å². The molecule has 0 N–H and O–H groups in total. The Balaban J connectivity index is 2.99. The summed E-state index contributed by atoms with van der Waals surface area (Å²) in [6, 6.07) is 7.04. The Labute approximate surface area is 112 Å². The highest BCUT2D eigenvalue weighted by atomic mass is 16.5. The molecule has 0 saturated heterocycles. The summed E-state index contributed by atoms with van der Waals surface area (Å²) in [6.07, 6.45) is 0.211. The lowest BCUT2D eigenvalue weighted by atomic mass is 9.94. The lowest BCUT2D eigenvalue weighted by Crippen LogP contribution is -2.13. The first-order valence-corrected chi connectivity index (χ1v) is 5.81. The van der Waals surface area contributed by atoms with Gasteiger partial charge in [0.2, 0.25) is 0 Å². The summed E-state index contributed by atoms with van der Waals surface area (Å²) in [7, 11) is 4.56. The molecule has 102 valence electrons. The zero-order valence-corrected chi connectivity index (χ0v) is 11.3. The molecule has 0 amide bonds. The van der Waals surface area contributed by atoms with Crippen LogP contribution in [0.15, 0.2) is 18.2 Å². The lowest BCUT2D eigenvalue weighted by molar-refractivity contribution is -0.120. The van der Waals surface area contributed by atoms with Gasteiger partial charge < -0.3 is 14.2 Å². The van der Waals surface area contributed by atoms with Gasteiger partial charge in [0.15, 0.2) is 17.3 Å². The Hall–Kier alpha value is -2.06. The number of rotatable bonds is 7. The highest BCUT2D eigenvalue weighted by molar-refractivity contribution is 5.88. The van der Waals surface area contributed by atoms with Crippen molar-refractivity contribution in [1.29, 1.82) is 5.26 Å². The van der Waals surface area contributed by atoms with Gasteiger partial charge in [-0.05, 0) is 17.7 Å². The summed E-state index contributed by atoms with van der Waals surface area (Å²) in [6.45, 7) is 0.310. The number of Topliss-reactive ketones (excluding diaryl/α,β-unsaturated/α-hetero) is 1. The van der Waals surface area contributed by atoms with Crippen LogP contribution in [-0.2, 0) is 9.53 Å². The van der Waals surface area contributed by atoms with E-state index in [0.29, 0.717) is 23.7 Å². The molecule has 0 aromatic heterocycles. The van der Waals surface area contributed by atoms with Crippen LogP contribution in [0.3, 0.4) is 0 Å². The summed E-state index contributed by atoms with van der Waals surface area (Å²) in [4.78, 5) is 11.9. The molecule has 0 aliphatic rings. The summed E-state index contributed by atoms with van der Waals surface area (Å²) in [5.41, 5.74) is 0.598. The molecule has 0 bridgehead atoms. The summed E-state index contributed by atoms with van der Waals surface area (Å²) < 4.78 is 15.1. The topological polar surface area (TPSA) is 68.6 Å². The van der Waals surface area contributed by atoms with E-state index in [9.17, 15) is 4.79 Å². The first-order valence-electron chi connectivity index (χ1n) is 5.81. The lowest BCUT2D eigenvalue weighted by Gasteiger charge is -2.12. The van der Waals surface area contributed by atoms with Crippen LogP contribution in [0.4, 0.5) is 0 Å². The molecule has 0 radical (unpaired) electrons. The number of nitrogens with zero attached hydrogens (tertiary/aromatic N) is 1. The third kappa shape index (κ3) is 3.70. The van der Waals surface area contributed by atoms with Gasteiger partial charge >= 0.3 is 0 Å². The Morgan fingerprint density at radius 1 is 1.26 bits per heavy atom. The fraction of sp³-hybridized carbons (Fsp3) is 0.429. The second kappa shape index (κ2) is 7.39. The highest BCUT2D eigenvalue weighted by Gasteiger charge is 2.21. The average Bonchev–Trinajstić information content (AvgIpc) is 2.45. The van der Waals surface area contributed by atoms with E-state index in [1.54, 1.807) is 18.2 Å². The predicted molar refractivity (Wildman–Crippen MR) is 69.4 cm³/mol. The van der Waals surface area contributed by atoms with Crippen LogP contribution in [-0.4, -0.2) is 33.7 Å². The van der Waals surface area contributed by atoms with Gasteiger partial charge in [-0.15, -0.1) is 0 Å². The molecule has 0 fully saturated rings. The molecule has 0 spiro atoms. The number of carbonyl (C=O) groups excluding carboxylic acids is 1. The van der Waals surface area contributed by atoms with Gasteiger partial charge in [-0.2, -0.15) is 5.26 Å². The molecule has 0 aliphatic carbocycles. The van der Waals surface area contributed by atoms with Gasteiger partial charge in [-0.1, -0.05) is 6.07 Å². The Morgan fingerprint density at radius 3 is 2.47 bits per heavy atom. The molecule has 0 aliphatic heterocycles. The number of methoxy groups -OCH3 is 3. The number of nitriles is 1. The maximum absolute atomic E-state index is 11.9. The largest absolute Gasteiger partial charge is 0.493 e. The molecule has 1 aromatic carbocycles. The second-order valence-corrected chi connectivity index (χ2v) is 3.89. The van der Waals surface area contributed by atoms with Crippen molar-refractivity contribution in [2.24, 2.45) is 0 Å². The van der Waals surface area contributed by atoms with Crippen molar-refractivity contribution in [3.8, 4) is 17.6 Å². The smallest absolute Gasteiger partial charge is 0.161 e. The van der Waals surface area contributed by atoms with Crippen LogP contribution in [0.1, 0.15) is 17.9 Å². The van der Waals surface area contributed by atoms with Crippen LogP contribution in [0.2, 0.25) is 0 Å². The maximum atomic E-state index is 11.9.